The summed E-state index contributed by atoms with van der Waals surface area (Å²) in [6, 6.07) is 0. The van der Waals surface area contributed by atoms with E-state index in [0.717, 1.165) is 19.3 Å². The van der Waals surface area contributed by atoms with Crippen LogP contribution >= 0.6 is 0 Å². The minimum atomic E-state index is -1.66. The van der Waals surface area contributed by atoms with Gasteiger partial charge >= 0.3 is 0 Å². The maximum absolute atomic E-state index is 12.4. The third-order valence-electron chi connectivity index (χ3n) is 6.66. The second-order valence-electron chi connectivity index (χ2n) is 9.93. The summed E-state index contributed by atoms with van der Waals surface area (Å²) < 4.78 is 22.9. The Labute approximate surface area is 223 Å². The van der Waals surface area contributed by atoms with E-state index < -0.39 is 79.4 Å². The fourth-order valence-corrected chi connectivity index (χ4v) is 5.26. The lowest BCUT2D eigenvalue weighted by atomic mass is 9.99. The van der Waals surface area contributed by atoms with Crippen molar-refractivity contribution in [3.05, 3.63) is 0 Å². The van der Waals surface area contributed by atoms with Crippen LogP contribution in [0.15, 0.2) is 0 Å². The number of carbonyl (C=O) groups is 1. The molecule has 7 N–H and O–H groups in total. The molecular weight excluding hydrogens is 506 g/mol. The van der Waals surface area contributed by atoms with E-state index in [1.165, 1.54) is 44.9 Å². The molecule has 0 aliphatic carbocycles. The number of rotatable bonds is 21. The van der Waals surface area contributed by atoms with Gasteiger partial charge in [-0.2, -0.15) is 0 Å². The van der Waals surface area contributed by atoms with Gasteiger partial charge in [-0.15, -0.1) is 0 Å². The lowest BCUT2D eigenvalue weighted by Gasteiger charge is -2.41. The third-order valence-corrected chi connectivity index (χ3v) is 8.07. The van der Waals surface area contributed by atoms with E-state index >= 15 is 0 Å². The van der Waals surface area contributed by atoms with Crippen LogP contribution in [0, 0.1) is 0 Å². The zero-order valence-electron chi connectivity index (χ0n) is 22.1. The maximum Gasteiger partial charge on any atom is 0.221 e. The first kappa shape index (κ1) is 34.3. The van der Waals surface area contributed by atoms with Crippen LogP contribution in [0.1, 0.15) is 77.6 Å². The molecule has 37 heavy (non-hydrogen) atoms. The Balaban J connectivity index is 2.33. The van der Waals surface area contributed by atoms with Gasteiger partial charge in [0.15, 0.2) is 6.29 Å². The van der Waals surface area contributed by atoms with Crippen LogP contribution in [-0.4, -0.2) is 115 Å². The standard InChI is InChI=1S/C25H49NO10S/c1-2-3-4-5-6-7-8-9-10-11-13-37(34)14-12-20(30)26-25(16-28,17-29)18-35-24-23(33)22(32)21(31)19(15-27)36-24/h19,21-24,27-29,31-33H,2-18H2,1H3,(H,26,30)/t19-,21+,22+,23-,24-,37?/m1/s1. The summed E-state index contributed by atoms with van der Waals surface area (Å²) in [6.45, 7) is -0.318. The molecule has 0 aromatic carbocycles. The molecule has 0 aromatic heterocycles. The van der Waals surface area contributed by atoms with Gasteiger partial charge in [-0.1, -0.05) is 64.7 Å². The summed E-state index contributed by atoms with van der Waals surface area (Å²) >= 11 is 0. The second kappa shape index (κ2) is 19.4. The summed E-state index contributed by atoms with van der Waals surface area (Å²) in [4.78, 5) is 12.4. The Morgan fingerprint density at radius 2 is 1.43 bits per heavy atom. The summed E-state index contributed by atoms with van der Waals surface area (Å²) in [5.74, 6) is 0.149. The lowest BCUT2D eigenvalue weighted by Crippen LogP contribution is -2.62. The fourth-order valence-electron chi connectivity index (χ4n) is 4.12. The molecule has 1 fully saturated rings. The van der Waals surface area contributed by atoms with Crippen LogP contribution < -0.4 is 5.32 Å². The number of aliphatic hydroxyl groups is 6. The van der Waals surface area contributed by atoms with Crippen LogP contribution in [0.5, 0.6) is 0 Å². The maximum atomic E-state index is 12.4. The first-order chi connectivity index (χ1) is 17.7. The highest BCUT2D eigenvalue weighted by molar-refractivity contribution is 7.84. The highest BCUT2D eigenvalue weighted by atomic mass is 32.2. The molecule has 1 amide bonds. The molecule has 0 aromatic rings. The van der Waals surface area contributed by atoms with Crippen molar-refractivity contribution in [2.75, 3.05) is 37.9 Å². The number of ether oxygens (including phenoxy) is 2. The van der Waals surface area contributed by atoms with E-state index in [4.69, 9.17) is 9.47 Å². The number of amides is 1. The molecule has 220 valence electrons. The summed E-state index contributed by atoms with van der Waals surface area (Å²) in [5.41, 5.74) is -1.62. The van der Waals surface area contributed by atoms with Gasteiger partial charge in [0.2, 0.25) is 5.91 Å². The minimum absolute atomic E-state index is 0.0633. The summed E-state index contributed by atoms with van der Waals surface area (Å²) in [6.07, 6.45) is 4.28. The smallest absolute Gasteiger partial charge is 0.221 e. The van der Waals surface area contributed by atoms with Crippen LogP contribution in [0.3, 0.4) is 0 Å². The van der Waals surface area contributed by atoms with Crippen molar-refractivity contribution in [2.45, 2.75) is 114 Å². The largest absolute Gasteiger partial charge is 0.394 e. The Bertz CT molecular complexity index is 635. The van der Waals surface area contributed by atoms with E-state index in [1.54, 1.807) is 0 Å². The normalized spacial score (nSPS) is 25.2. The van der Waals surface area contributed by atoms with Crippen molar-refractivity contribution in [1.82, 2.24) is 5.32 Å². The topological polar surface area (TPSA) is 186 Å². The predicted molar refractivity (Wildman–Crippen MR) is 139 cm³/mol. The molecule has 1 aliphatic rings. The van der Waals surface area contributed by atoms with Crippen molar-refractivity contribution in [3.63, 3.8) is 0 Å². The van der Waals surface area contributed by atoms with E-state index in [0.29, 0.717) is 5.75 Å². The molecule has 0 radical (unpaired) electrons. The predicted octanol–water partition coefficient (Wildman–Crippen LogP) is -0.298. The SMILES string of the molecule is CCCCCCCCCCCCS(=O)CCC(=O)NC(CO)(CO)CO[C@@H]1O[C@H](CO)[C@H](O)[C@H](O)[C@H]1O. The Morgan fingerprint density at radius 1 is 0.865 bits per heavy atom. The van der Waals surface area contributed by atoms with Crippen molar-refractivity contribution in [1.29, 1.82) is 0 Å². The number of hydrogen-bond acceptors (Lipinski definition) is 10. The van der Waals surface area contributed by atoms with Gasteiger partial charge in [0.25, 0.3) is 0 Å². The molecular formula is C25H49NO10S. The summed E-state index contributed by atoms with van der Waals surface area (Å²) in [7, 11) is -1.16. The van der Waals surface area contributed by atoms with Gasteiger partial charge in [0.05, 0.1) is 26.4 Å². The van der Waals surface area contributed by atoms with Gasteiger partial charge in [-0.25, -0.2) is 0 Å². The average molecular weight is 556 g/mol. The molecule has 12 heteroatoms. The molecule has 1 heterocycles. The molecule has 0 saturated carbocycles. The van der Waals surface area contributed by atoms with Gasteiger partial charge in [-0.05, 0) is 6.42 Å². The Morgan fingerprint density at radius 3 is 1.97 bits per heavy atom. The van der Waals surface area contributed by atoms with E-state index in [1.807, 2.05) is 0 Å². The van der Waals surface area contributed by atoms with Crippen LogP contribution in [-0.2, 0) is 25.1 Å². The lowest BCUT2D eigenvalue weighted by molar-refractivity contribution is -0.305. The number of aliphatic hydroxyl groups excluding tert-OH is 6. The van der Waals surface area contributed by atoms with E-state index in [-0.39, 0.29) is 12.2 Å². The van der Waals surface area contributed by atoms with Crippen LogP contribution in [0.4, 0.5) is 0 Å². The molecule has 0 spiro atoms. The first-order valence-corrected chi connectivity index (χ1v) is 15.0. The summed E-state index contributed by atoms with van der Waals surface area (Å²) in [5, 5.41) is 61.1. The average Bonchev–Trinajstić information content (AvgIpc) is 2.90. The molecule has 11 nitrogen and oxygen atoms in total. The van der Waals surface area contributed by atoms with Gasteiger partial charge in [-0.3, -0.25) is 9.00 Å². The zero-order valence-corrected chi connectivity index (χ0v) is 22.9. The number of nitrogens with one attached hydrogen (secondary N) is 1. The minimum Gasteiger partial charge on any atom is -0.394 e. The molecule has 6 atom stereocenters. The van der Waals surface area contributed by atoms with Crippen molar-refractivity contribution >= 4 is 16.7 Å². The molecule has 0 bridgehead atoms. The fraction of sp³-hybridized carbons (Fsp3) is 0.960. The number of unbranched alkanes of at least 4 members (excludes halogenated alkanes) is 9. The zero-order chi connectivity index (χ0) is 27.7. The van der Waals surface area contributed by atoms with E-state index in [2.05, 4.69) is 12.2 Å². The number of carbonyl (C=O) groups excluding carboxylic acids is 1. The first-order valence-electron chi connectivity index (χ1n) is 13.5. The molecule has 1 unspecified atom stereocenters. The van der Waals surface area contributed by atoms with Gasteiger partial charge in [0.1, 0.15) is 30.0 Å². The number of hydrogen-bond donors (Lipinski definition) is 7. The molecule has 1 aliphatic heterocycles. The molecule has 1 rings (SSSR count). The quantitative estimate of drug-likeness (QED) is 0.0927. The highest BCUT2D eigenvalue weighted by Gasteiger charge is 2.45. The highest BCUT2D eigenvalue weighted by Crippen LogP contribution is 2.23. The Kier molecular flexibility index (Phi) is 18.0. The Hall–Kier alpha value is -0.700. The van der Waals surface area contributed by atoms with Crippen molar-refractivity contribution < 1.29 is 49.1 Å². The third kappa shape index (κ3) is 12.8. The van der Waals surface area contributed by atoms with Crippen molar-refractivity contribution in [3.8, 4) is 0 Å². The van der Waals surface area contributed by atoms with Gasteiger partial charge in [0, 0.05) is 28.7 Å². The van der Waals surface area contributed by atoms with Crippen molar-refractivity contribution in [2.24, 2.45) is 0 Å². The van der Waals surface area contributed by atoms with E-state index in [9.17, 15) is 39.6 Å². The van der Waals surface area contributed by atoms with Crippen LogP contribution in [0.25, 0.3) is 0 Å². The molecule has 1 saturated heterocycles. The second-order valence-corrected chi connectivity index (χ2v) is 11.6. The van der Waals surface area contributed by atoms with Gasteiger partial charge < -0.3 is 45.4 Å². The monoisotopic (exact) mass is 555 g/mol. The van der Waals surface area contributed by atoms with Crippen LogP contribution in [0.2, 0.25) is 0 Å².